The van der Waals surface area contributed by atoms with E-state index in [0.29, 0.717) is 5.56 Å². The molecule has 1 aliphatic heterocycles. The van der Waals surface area contributed by atoms with Crippen LogP contribution in [0, 0.1) is 0 Å². The molecule has 0 aliphatic carbocycles. The van der Waals surface area contributed by atoms with E-state index in [9.17, 15) is 21.6 Å². The molecular weight excluding hydrogens is 401 g/mol. The Kier molecular flexibility index (Phi) is 5.45. The third-order valence-corrected chi connectivity index (χ3v) is 5.41. The van der Waals surface area contributed by atoms with Crippen LogP contribution in [-0.2, 0) is 14.7 Å². The highest BCUT2D eigenvalue weighted by Crippen LogP contribution is 2.30. The zero-order chi connectivity index (χ0) is 20.4. The molecule has 1 aromatic heterocycles. The van der Waals surface area contributed by atoms with Gasteiger partial charge in [-0.15, -0.1) is 13.2 Å². The molecule has 0 bridgehead atoms. The summed E-state index contributed by atoms with van der Waals surface area (Å²) >= 11 is 0. The number of benzene rings is 1. The van der Waals surface area contributed by atoms with E-state index >= 15 is 0 Å². The maximum Gasteiger partial charge on any atom is 0.573 e. The van der Waals surface area contributed by atoms with Crippen LogP contribution in [-0.4, -0.2) is 31.4 Å². The molecule has 11 heteroatoms. The van der Waals surface area contributed by atoms with Crippen LogP contribution in [0.5, 0.6) is 11.5 Å². The highest BCUT2D eigenvalue weighted by molar-refractivity contribution is 7.91. The highest BCUT2D eigenvalue weighted by atomic mass is 32.2. The van der Waals surface area contributed by atoms with Gasteiger partial charge in [0.25, 0.3) is 0 Å². The first-order valence-electron chi connectivity index (χ1n) is 8.11. The molecule has 2 heterocycles. The van der Waals surface area contributed by atoms with Gasteiger partial charge in [0.15, 0.2) is 21.0 Å². The van der Waals surface area contributed by atoms with Gasteiger partial charge in [-0.25, -0.2) is 13.4 Å². The van der Waals surface area contributed by atoms with Gasteiger partial charge < -0.3 is 14.3 Å². The lowest BCUT2D eigenvalue weighted by atomic mass is 10.1. The number of hydrogen-bond donors (Lipinski definition) is 0. The number of ether oxygens (including phenoxy) is 2. The lowest BCUT2D eigenvalue weighted by Gasteiger charge is -2.11. The van der Waals surface area contributed by atoms with Gasteiger partial charge in [0.2, 0.25) is 5.90 Å². The number of aromatic nitrogens is 1. The summed E-state index contributed by atoms with van der Waals surface area (Å²) in [7, 11) is -3.40. The fraction of sp³-hybridized carbons (Fsp3) is 0.294. The molecule has 0 fully saturated rings. The second-order valence-electron chi connectivity index (χ2n) is 5.74. The van der Waals surface area contributed by atoms with Crippen LogP contribution in [0.1, 0.15) is 25.0 Å². The van der Waals surface area contributed by atoms with Gasteiger partial charge in [-0.2, -0.15) is 0 Å². The second kappa shape index (κ2) is 7.66. The number of sulfone groups is 1. The van der Waals surface area contributed by atoms with Crippen molar-refractivity contribution < 1.29 is 35.9 Å². The maximum absolute atomic E-state index is 12.2. The number of nitrogens with zero attached hydrogens (tertiary/aromatic N) is 2. The van der Waals surface area contributed by atoms with Gasteiger partial charge in [0.05, 0.1) is 18.4 Å². The predicted octanol–water partition coefficient (Wildman–Crippen LogP) is 3.63. The van der Waals surface area contributed by atoms with E-state index in [-0.39, 0.29) is 34.6 Å². The lowest BCUT2D eigenvalue weighted by molar-refractivity contribution is -0.274. The van der Waals surface area contributed by atoms with Crippen molar-refractivity contribution in [3.05, 3.63) is 48.2 Å². The third kappa shape index (κ3) is 4.91. The quantitative estimate of drug-likeness (QED) is 0.740. The summed E-state index contributed by atoms with van der Waals surface area (Å²) in [5.74, 6) is 0.121. The monoisotopic (exact) mass is 416 g/mol. The minimum atomic E-state index is -4.75. The molecule has 1 atom stereocenters. The van der Waals surface area contributed by atoms with Crippen LogP contribution in [0.2, 0.25) is 0 Å². The summed E-state index contributed by atoms with van der Waals surface area (Å²) in [6.07, 6.45) is -3.77. The minimum Gasteiger partial charge on any atom is -0.438 e. The number of rotatable bonds is 5. The summed E-state index contributed by atoms with van der Waals surface area (Å²) in [5, 5.41) is 3.75. The standard InChI is InChI=1S/C17H15F3N2O5S/c1-2-28(23,24)16-8-7-13(10-21-16)25-15-9-14(27-22-15)11-3-5-12(6-4-11)26-17(18,19)20/h3-8,10,14H,2,9H2,1H3/t14-/m1/s1. The van der Waals surface area contributed by atoms with Gasteiger partial charge in [-0.3, -0.25) is 0 Å². The van der Waals surface area contributed by atoms with Crippen LogP contribution < -0.4 is 9.47 Å². The average Bonchev–Trinajstić information content (AvgIpc) is 3.10. The fourth-order valence-electron chi connectivity index (χ4n) is 2.37. The number of oxime groups is 1. The van der Waals surface area contributed by atoms with Crippen molar-refractivity contribution in [2.24, 2.45) is 5.16 Å². The molecule has 0 amide bonds. The Morgan fingerprint density at radius 1 is 1.14 bits per heavy atom. The van der Waals surface area contributed by atoms with Crippen molar-refractivity contribution in [3.8, 4) is 11.5 Å². The Bertz CT molecular complexity index is 958. The molecule has 28 heavy (non-hydrogen) atoms. The van der Waals surface area contributed by atoms with Crippen LogP contribution >= 0.6 is 0 Å². The van der Waals surface area contributed by atoms with E-state index in [4.69, 9.17) is 9.57 Å². The van der Waals surface area contributed by atoms with Gasteiger partial charge >= 0.3 is 6.36 Å². The van der Waals surface area contributed by atoms with Crippen molar-refractivity contribution in [1.82, 2.24) is 4.98 Å². The molecule has 3 rings (SSSR count). The smallest absolute Gasteiger partial charge is 0.438 e. The van der Waals surface area contributed by atoms with Crippen molar-refractivity contribution in [2.75, 3.05) is 5.75 Å². The summed E-state index contributed by atoms with van der Waals surface area (Å²) in [6.45, 7) is 1.52. The SMILES string of the molecule is CCS(=O)(=O)c1ccc(OC2=NO[C@@H](c3ccc(OC(F)(F)F)cc3)C2)cn1. The largest absolute Gasteiger partial charge is 0.573 e. The molecule has 0 spiro atoms. The number of pyridine rings is 1. The Balaban J connectivity index is 1.59. The van der Waals surface area contributed by atoms with E-state index in [0.717, 1.165) is 0 Å². The van der Waals surface area contributed by atoms with E-state index in [1.807, 2.05) is 0 Å². The zero-order valence-corrected chi connectivity index (χ0v) is 15.3. The highest BCUT2D eigenvalue weighted by Gasteiger charge is 2.31. The molecule has 0 unspecified atom stereocenters. The van der Waals surface area contributed by atoms with Crippen molar-refractivity contribution in [1.29, 1.82) is 0 Å². The molecule has 0 radical (unpaired) electrons. The average molecular weight is 416 g/mol. The number of hydrogen-bond acceptors (Lipinski definition) is 7. The minimum absolute atomic E-state index is 0.0500. The van der Waals surface area contributed by atoms with Crippen molar-refractivity contribution in [2.45, 2.75) is 30.8 Å². The predicted molar refractivity (Wildman–Crippen MR) is 91.6 cm³/mol. The van der Waals surface area contributed by atoms with Crippen LogP contribution in [0.25, 0.3) is 0 Å². The number of alkyl halides is 3. The Hall–Kier alpha value is -2.82. The van der Waals surface area contributed by atoms with Gasteiger partial charge in [-0.05, 0) is 29.8 Å². The van der Waals surface area contributed by atoms with E-state index in [2.05, 4.69) is 14.9 Å². The molecular formula is C17H15F3N2O5S. The molecule has 1 aliphatic rings. The van der Waals surface area contributed by atoms with Crippen LogP contribution in [0.3, 0.4) is 0 Å². The molecule has 1 aromatic carbocycles. The summed E-state index contributed by atoms with van der Waals surface area (Å²) in [5.41, 5.74) is 0.597. The summed E-state index contributed by atoms with van der Waals surface area (Å²) < 4.78 is 69.4. The van der Waals surface area contributed by atoms with E-state index < -0.39 is 22.3 Å². The Labute approximate surface area is 158 Å². The molecule has 0 saturated heterocycles. The van der Waals surface area contributed by atoms with Crippen LogP contribution in [0.4, 0.5) is 13.2 Å². The molecule has 7 nitrogen and oxygen atoms in total. The Morgan fingerprint density at radius 2 is 1.82 bits per heavy atom. The second-order valence-corrected chi connectivity index (χ2v) is 7.96. The van der Waals surface area contributed by atoms with Crippen molar-refractivity contribution in [3.63, 3.8) is 0 Å². The topological polar surface area (TPSA) is 87.1 Å². The van der Waals surface area contributed by atoms with Crippen molar-refractivity contribution >= 4 is 15.7 Å². The third-order valence-electron chi connectivity index (χ3n) is 3.77. The van der Waals surface area contributed by atoms with Gasteiger partial charge in [0, 0.05) is 0 Å². The van der Waals surface area contributed by atoms with Gasteiger partial charge in [0.1, 0.15) is 11.5 Å². The summed E-state index contributed by atoms with van der Waals surface area (Å²) in [4.78, 5) is 9.11. The first kappa shape index (κ1) is 19.9. The molecule has 150 valence electrons. The summed E-state index contributed by atoms with van der Waals surface area (Å²) in [6, 6.07) is 8.03. The lowest BCUT2D eigenvalue weighted by Crippen LogP contribution is -2.17. The maximum atomic E-state index is 12.2. The number of halogens is 3. The van der Waals surface area contributed by atoms with Gasteiger partial charge in [-0.1, -0.05) is 24.2 Å². The normalized spacial score (nSPS) is 17.0. The van der Waals surface area contributed by atoms with Crippen LogP contribution in [0.15, 0.2) is 52.8 Å². The molecule has 0 N–H and O–H groups in total. The first-order chi connectivity index (χ1) is 13.2. The molecule has 2 aromatic rings. The first-order valence-corrected chi connectivity index (χ1v) is 9.76. The van der Waals surface area contributed by atoms with E-state index in [1.165, 1.54) is 49.5 Å². The fourth-order valence-corrected chi connectivity index (χ4v) is 3.16. The Morgan fingerprint density at radius 3 is 2.39 bits per heavy atom. The molecule has 0 saturated carbocycles. The van der Waals surface area contributed by atoms with E-state index in [1.54, 1.807) is 0 Å². The zero-order valence-electron chi connectivity index (χ0n) is 14.5.